The Kier molecular flexibility index (Phi) is 7.03. The number of nitrogens with one attached hydrogen (secondary N) is 2. The molecule has 6 heteroatoms. The molecule has 0 aromatic heterocycles. The van der Waals surface area contributed by atoms with Crippen LogP contribution in [0, 0.1) is 5.82 Å². The molecule has 0 radical (unpaired) electrons. The second-order valence-electron chi connectivity index (χ2n) is 6.47. The fourth-order valence-electron chi connectivity index (χ4n) is 2.69. The van der Waals surface area contributed by atoms with E-state index in [4.69, 9.17) is 0 Å². The summed E-state index contributed by atoms with van der Waals surface area (Å²) in [7, 11) is 0. The maximum atomic E-state index is 13.7. The van der Waals surface area contributed by atoms with Gasteiger partial charge in [0.15, 0.2) is 0 Å². The number of halogens is 1. The van der Waals surface area contributed by atoms with Crippen LogP contribution in [0.5, 0.6) is 0 Å². The lowest BCUT2D eigenvalue weighted by Crippen LogP contribution is -2.22. The minimum atomic E-state index is -0.471. The lowest BCUT2D eigenvalue weighted by molar-refractivity contribution is -0.116. The molecule has 0 fully saturated rings. The van der Waals surface area contributed by atoms with E-state index >= 15 is 0 Å². The molecule has 2 N–H and O–H groups in total. The molecule has 0 aliphatic heterocycles. The largest absolute Gasteiger partial charge is 0.326 e. The summed E-state index contributed by atoms with van der Waals surface area (Å²) in [6.45, 7) is 1.75. The Balaban J connectivity index is 1.58. The fourth-order valence-corrected chi connectivity index (χ4v) is 3.61. The molecule has 0 heterocycles. The number of carbonyl (C=O) groups is 2. The van der Waals surface area contributed by atoms with Crippen molar-refractivity contribution in [1.82, 2.24) is 0 Å². The number of para-hydroxylation sites is 1. The zero-order valence-corrected chi connectivity index (χ0v) is 16.7. The van der Waals surface area contributed by atoms with Gasteiger partial charge in [0, 0.05) is 10.6 Å². The second-order valence-corrected chi connectivity index (χ2v) is 7.88. The number of benzene rings is 3. The van der Waals surface area contributed by atoms with Crippen molar-refractivity contribution in [2.75, 3.05) is 10.6 Å². The third-order valence-electron chi connectivity index (χ3n) is 4.14. The topological polar surface area (TPSA) is 58.2 Å². The van der Waals surface area contributed by atoms with Crippen molar-refractivity contribution in [3.8, 4) is 0 Å². The highest BCUT2D eigenvalue weighted by Gasteiger charge is 2.16. The molecule has 0 saturated heterocycles. The van der Waals surface area contributed by atoms with Gasteiger partial charge in [-0.2, -0.15) is 0 Å². The van der Waals surface area contributed by atoms with Gasteiger partial charge in [0.2, 0.25) is 11.8 Å². The molecule has 0 aliphatic rings. The van der Waals surface area contributed by atoms with E-state index in [2.05, 4.69) is 10.6 Å². The predicted molar refractivity (Wildman–Crippen MR) is 116 cm³/mol. The van der Waals surface area contributed by atoms with Crippen LogP contribution in [-0.4, -0.2) is 17.1 Å². The first kappa shape index (κ1) is 20.6. The molecule has 0 aliphatic carbocycles. The minimum Gasteiger partial charge on any atom is -0.326 e. The van der Waals surface area contributed by atoms with Gasteiger partial charge in [-0.1, -0.05) is 48.5 Å². The lowest BCUT2D eigenvalue weighted by Gasteiger charge is -2.13. The summed E-state index contributed by atoms with van der Waals surface area (Å²) in [5.41, 5.74) is 1.76. The van der Waals surface area contributed by atoms with Gasteiger partial charge in [-0.15, -0.1) is 11.8 Å². The van der Waals surface area contributed by atoms with Crippen LogP contribution in [-0.2, 0) is 16.0 Å². The Labute approximate surface area is 173 Å². The highest BCUT2D eigenvalue weighted by atomic mass is 32.2. The van der Waals surface area contributed by atoms with Gasteiger partial charge in [-0.25, -0.2) is 4.39 Å². The van der Waals surface area contributed by atoms with Crippen molar-refractivity contribution in [2.24, 2.45) is 0 Å². The van der Waals surface area contributed by atoms with Crippen molar-refractivity contribution < 1.29 is 14.0 Å². The summed E-state index contributed by atoms with van der Waals surface area (Å²) in [6.07, 6.45) is 0.291. The quantitative estimate of drug-likeness (QED) is 0.533. The molecule has 29 heavy (non-hydrogen) atoms. The number of carbonyl (C=O) groups excluding carboxylic acids is 2. The molecular formula is C23H21FN2O2S. The third-order valence-corrected chi connectivity index (χ3v) is 5.23. The van der Waals surface area contributed by atoms with E-state index in [0.29, 0.717) is 12.1 Å². The third kappa shape index (κ3) is 6.19. The fraction of sp³-hybridized carbons (Fsp3) is 0.130. The normalized spacial score (nSPS) is 11.5. The Morgan fingerprint density at radius 3 is 2.41 bits per heavy atom. The van der Waals surface area contributed by atoms with Crippen molar-refractivity contribution in [3.63, 3.8) is 0 Å². The number of amides is 2. The first-order valence-electron chi connectivity index (χ1n) is 9.17. The van der Waals surface area contributed by atoms with E-state index in [1.54, 1.807) is 25.1 Å². The monoisotopic (exact) mass is 408 g/mol. The Hall–Kier alpha value is -3.12. The summed E-state index contributed by atoms with van der Waals surface area (Å²) in [5.74, 6) is -0.872. The van der Waals surface area contributed by atoms with Gasteiger partial charge in [0.05, 0.1) is 17.4 Å². The summed E-state index contributed by atoms with van der Waals surface area (Å²) >= 11 is 1.34. The Morgan fingerprint density at radius 2 is 1.66 bits per heavy atom. The molecule has 2 amide bonds. The Morgan fingerprint density at radius 1 is 0.931 bits per heavy atom. The van der Waals surface area contributed by atoms with Gasteiger partial charge in [0.25, 0.3) is 0 Å². The van der Waals surface area contributed by atoms with Crippen molar-refractivity contribution in [3.05, 3.63) is 90.2 Å². The minimum absolute atomic E-state index is 0.108. The highest BCUT2D eigenvalue weighted by molar-refractivity contribution is 8.00. The molecule has 3 aromatic carbocycles. The summed E-state index contributed by atoms with van der Waals surface area (Å²) in [6, 6.07) is 22.9. The van der Waals surface area contributed by atoms with Gasteiger partial charge in [0.1, 0.15) is 5.82 Å². The first-order chi connectivity index (χ1) is 14.0. The molecule has 1 atom stereocenters. The van der Waals surface area contributed by atoms with Crippen LogP contribution in [0.25, 0.3) is 0 Å². The molecule has 1 unspecified atom stereocenters. The lowest BCUT2D eigenvalue weighted by atomic mass is 10.1. The molecular weight excluding hydrogens is 387 g/mol. The maximum absolute atomic E-state index is 13.7. The van der Waals surface area contributed by atoms with Crippen molar-refractivity contribution in [2.45, 2.75) is 23.5 Å². The number of anilines is 2. The highest BCUT2D eigenvalue weighted by Crippen LogP contribution is 2.27. The van der Waals surface area contributed by atoms with E-state index in [1.165, 1.54) is 23.9 Å². The Bertz CT molecular complexity index is 995. The van der Waals surface area contributed by atoms with E-state index in [1.807, 2.05) is 48.5 Å². The van der Waals surface area contributed by atoms with E-state index in [-0.39, 0.29) is 17.5 Å². The van der Waals surface area contributed by atoms with Crippen LogP contribution < -0.4 is 10.6 Å². The number of hydrogen-bond acceptors (Lipinski definition) is 3. The molecule has 3 aromatic rings. The van der Waals surface area contributed by atoms with E-state index in [0.717, 1.165) is 10.5 Å². The summed E-state index contributed by atoms with van der Waals surface area (Å²) in [4.78, 5) is 25.4. The standard InChI is InChI=1S/C23H21FN2O2S/c1-16(23(28)26-21-13-6-5-12-20(21)24)29-19-11-7-10-18(15-19)25-22(27)14-17-8-3-2-4-9-17/h2-13,15-16H,14H2,1H3,(H,25,27)(H,26,28). The summed E-state index contributed by atoms with van der Waals surface area (Å²) in [5, 5.41) is 5.04. The van der Waals surface area contributed by atoms with Crippen LogP contribution in [0.3, 0.4) is 0 Å². The van der Waals surface area contributed by atoms with Crippen LogP contribution in [0.1, 0.15) is 12.5 Å². The average Bonchev–Trinajstić information content (AvgIpc) is 2.70. The molecule has 148 valence electrons. The van der Waals surface area contributed by atoms with Crippen LogP contribution in [0.15, 0.2) is 83.8 Å². The predicted octanol–water partition coefficient (Wildman–Crippen LogP) is 5.13. The van der Waals surface area contributed by atoms with Gasteiger partial charge >= 0.3 is 0 Å². The van der Waals surface area contributed by atoms with Gasteiger partial charge in [-0.05, 0) is 42.8 Å². The zero-order chi connectivity index (χ0) is 20.6. The van der Waals surface area contributed by atoms with Crippen LogP contribution in [0.2, 0.25) is 0 Å². The number of rotatable bonds is 7. The van der Waals surface area contributed by atoms with Crippen LogP contribution >= 0.6 is 11.8 Å². The molecule has 0 bridgehead atoms. The van der Waals surface area contributed by atoms with E-state index in [9.17, 15) is 14.0 Å². The van der Waals surface area contributed by atoms with Crippen LogP contribution in [0.4, 0.5) is 15.8 Å². The second kappa shape index (κ2) is 9.89. The van der Waals surface area contributed by atoms with Crippen molar-refractivity contribution in [1.29, 1.82) is 0 Å². The van der Waals surface area contributed by atoms with Crippen molar-refractivity contribution >= 4 is 35.0 Å². The van der Waals surface area contributed by atoms with Gasteiger partial charge in [-0.3, -0.25) is 9.59 Å². The maximum Gasteiger partial charge on any atom is 0.237 e. The zero-order valence-electron chi connectivity index (χ0n) is 15.9. The van der Waals surface area contributed by atoms with E-state index < -0.39 is 11.1 Å². The molecule has 0 spiro atoms. The average molecular weight is 408 g/mol. The smallest absolute Gasteiger partial charge is 0.237 e. The SMILES string of the molecule is CC(Sc1cccc(NC(=O)Cc2ccccc2)c1)C(=O)Nc1ccccc1F. The molecule has 4 nitrogen and oxygen atoms in total. The molecule has 3 rings (SSSR count). The molecule has 0 saturated carbocycles. The summed E-state index contributed by atoms with van der Waals surface area (Å²) < 4.78 is 13.7. The number of hydrogen-bond donors (Lipinski definition) is 2. The first-order valence-corrected chi connectivity index (χ1v) is 10.0. The van der Waals surface area contributed by atoms with Gasteiger partial charge < -0.3 is 10.6 Å². The number of thioether (sulfide) groups is 1.